The van der Waals surface area contributed by atoms with Crippen LogP contribution in [0.1, 0.15) is 47.4 Å². The molecule has 0 spiro atoms. The predicted molar refractivity (Wildman–Crippen MR) is 161 cm³/mol. The van der Waals surface area contributed by atoms with Gasteiger partial charge in [-0.1, -0.05) is 61.6 Å². The van der Waals surface area contributed by atoms with Gasteiger partial charge in [0.2, 0.25) is 11.8 Å². The number of nitrogens with one attached hydrogen (secondary N) is 2. The first kappa shape index (κ1) is 29.0. The molecule has 4 rings (SSSR count). The summed E-state index contributed by atoms with van der Waals surface area (Å²) < 4.78 is 0. The standard InChI is InChI=1S/C32H42N4O2S/c1-23-9-6-7-12-28(23)29(25-10-4-3-5-11-25)22-36-20-18-26(35-30(32(36)38)13-8-19-33)21-34-31(37)17-16-27-15-14-24(2)39-27/h3-7,9-12,14-17,23,26,28-30,35H,8,13,18-22,33H2,1-2H3,(H,34,37)/b17-16+/t23?,26-,28?,29?,30-/m0/s1. The normalized spacial score (nSPS) is 24.2. The monoisotopic (exact) mass is 546 g/mol. The molecule has 2 aromatic rings. The number of carbonyl (C=O) groups excluding carboxylic acids is 2. The number of hydrogen-bond donors (Lipinski definition) is 3. The van der Waals surface area contributed by atoms with Crippen molar-refractivity contribution in [2.75, 3.05) is 26.2 Å². The Kier molecular flexibility index (Phi) is 10.7. The van der Waals surface area contributed by atoms with E-state index in [1.807, 2.05) is 29.2 Å². The Labute approximate surface area is 237 Å². The lowest BCUT2D eigenvalue weighted by atomic mass is 9.76. The average Bonchev–Trinajstić information content (AvgIpc) is 3.31. The van der Waals surface area contributed by atoms with Crippen LogP contribution < -0.4 is 16.4 Å². The molecule has 1 aliphatic carbocycles. The molecule has 5 atom stereocenters. The molecular weight excluding hydrogens is 504 g/mol. The van der Waals surface area contributed by atoms with Crippen LogP contribution in [0.25, 0.3) is 6.08 Å². The smallest absolute Gasteiger partial charge is 0.244 e. The van der Waals surface area contributed by atoms with Crippen LogP contribution in [0.3, 0.4) is 0 Å². The highest BCUT2D eigenvalue weighted by molar-refractivity contribution is 7.12. The molecule has 1 saturated heterocycles. The third-order valence-corrected chi connectivity index (χ3v) is 8.72. The molecule has 0 radical (unpaired) electrons. The molecule has 1 aliphatic heterocycles. The van der Waals surface area contributed by atoms with Crippen LogP contribution >= 0.6 is 11.3 Å². The van der Waals surface area contributed by atoms with Gasteiger partial charge in [-0.2, -0.15) is 0 Å². The molecule has 4 N–H and O–H groups in total. The Balaban J connectivity index is 1.45. The van der Waals surface area contributed by atoms with E-state index in [4.69, 9.17) is 5.73 Å². The number of rotatable bonds is 11. The van der Waals surface area contributed by atoms with Crippen LogP contribution in [-0.2, 0) is 9.59 Å². The highest BCUT2D eigenvalue weighted by Gasteiger charge is 2.34. The molecule has 2 heterocycles. The average molecular weight is 547 g/mol. The van der Waals surface area contributed by atoms with Crippen molar-refractivity contribution in [1.82, 2.24) is 15.5 Å². The number of carbonyl (C=O) groups is 2. The van der Waals surface area contributed by atoms with Crippen LogP contribution in [-0.4, -0.2) is 55.0 Å². The van der Waals surface area contributed by atoms with Gasteiger partial charge < -0.3 is 21.3 Å². The van der Waals surface area contributed by atoms with Gasteiger partial charge in [0.15, 0.2) is 0 Å². The highest BCUT2D eigenvalue weighted by atomic mass is 32.1. The summed E-state index contributed by atoms with van der Waals surface area (Å²) in [7, 11) is 0. The van der Waals surface area contributed by atoms with Gasteiger partial charge in [-0.25, -0.2) is 0 Å². The van der Waals surface area contributed by atoms with E-state index in [1.165, 1.54) is 10.4 Å². The van der Waals surface area contributed by atoms with Crippen molar-refractivity contribution in [1.29, 1.82) is 0 Å². The zero-order valence-corrected chi connectivity index (χ0v) is 23.9. The molecule has 1 aromatic carbocycles. The van der Waals surface area contributed by atoms with Gasteiger partial charge in [-0.05, 0) is 68.3 Å². The SMILES string of the molecule is Cc1ccc(/C=C/C(=O)NC[C@@H]2CCN(CC(c3ccccc3)C3C=CC=CC3C)C(=O)[C@H](CCCN)N2)s1. The van der Waals surface area contributed by atoms with Crippen LogP contribution in [0, 0.1) is 18.8 Å². The summed E-state index contributed by atoms with van der Waals surface area (Å²) in [6.45, 7) is 6.64. The van der Waals surface area contributed by atoms with Crippen molar-refractivity contribution in [2.45, 2.75) is 51.1 Å². The van der Waals surface area contributed by atoms with Gasteiger partial charge in [-0.15, -0.1) is 11.3 Å². The molecule has 6 nitrogen and oxygen atoms in total. The highest BCUT2D eigenvalue weighted by Crippen LogP contribution is 2.35. The van der Waals surface area contributed by atoms with E-state index < -0.39 is 0 Å². The van der Waals surface area contributed by atoms with E-state index in [-0.39, 0.29) is 29.8 Å². The maximum absolute atomic E-state index is 13.8. The summed E-state index contributed by atoms with van der Waals surface area (Å²) in [6, 6.07) is 14.3. The van der Waals surface area contributed by atoms with Gasteiger partial charge in [0.05, 0.1) is 6.04 Å². The Bertz CT molecular complexity index is 1170. The second kappa shape index (κ2) is 14.4. The maximum Gasteiger partial charge on any atom is 0.244 e. The summed E-state index contributed by atoms with van der Waals surface area (Å²) in [4.78, 5) is 30.7. The minimum absolute atomic E-state index is 0.00895. The van der Waals surface area contributed by atoms with Crippen molar-refractivity contribution in [3.8, 4) is 0 Å². The number of aryl methyl sites for hydroxylation is 1. The van der Waals surface area contributed by atoms with Crippen molar-refractivity contribution >= 4 is 29.2 Å². The molecule has 2 aliphatic rings. The number of allylic oxidation sites excluding steroid dienone is 4. The van der Waals surface area contributed by atoms with Gasteiger partial charge >= 0.3 is 0 Å². The summed E-state index contributed by atoms with van der Waals surface area (Å²) in [5.74, 6) is 0.919. The van der Waals surface area contributed by atoms with E-state index in [0.29, 0.717) is 44.4 Å². The molecular formula is C32H42N4O2S. The molecule has 0 saturated carbocycles. The first-order valence-corrected chi connectivity index (χ1v) is 14.9. The molecule has 3 unspecified atom stereocenters. The molecule has 39 heavy (non-hydrogen) atoms. The van der Waals surface area contributed by atoms with Crippen LogP contribution in [0.15, 0.2) is 72.8 Å². The molecule has 0 bridgehead atoms. The second-order valence-corrected chi connectivity index (χ2v) is 12.0. The molecule has 1 aromatic heterocycles. The van der Waals surface area contributed by atoms with Crippen LogP contribution in [0.2, 0.25) is 0 Å². The fourth-order valence-corrected chi connectivity index (χ4v) is 6.34. The summed E-state index contributed by atoms with van der Waals surface area (Å²) >= 11 is 1.66. The number of nitrogens with zero attached hydrogens (tertiary/aromatic N) is 1. The van der Waals surface area contributed by atoms with Crippen LogP contribution in [0.4, 0.5) is 0 Å². The number of hydrogen-bond acceptors (Lipinski definition) is 5. The number of thiophene rings is 1. The lowest BCUT2D eigenvalue weighted by molar-refractivity contribution is -0.133. The zero-order chi connectivity index (χ0) is 27.6. The Hall–Kier alpha value is -3.00. The largest absolute Gasteiger partial charge is 0.351 e. The van der Waals surface area contributed by atoms with Crippen LogP contribution in [0.5, 0.6) is 0 Å². The van der Waals surface area contributed by atoms with E-state index in [1.54, 1.807) is 17.4 Å². The van der Waals surface area contributed by atoms with Gasteiger partial charge in [0, 0.05) is 47.4 Å². The van der Waals surface area contributed by atoms with E-state index in [2.05, 4.69) is 73.1 Å². The van der Waals surface area contributed by atoms with E-state index in [9.17, 15) is 9.59 Å². The summed E-state index contributed by atoms with van der Waals surface area (Å²) in [6.07, 6.45) is 14.5. The number of amides is 2. The minimum Gasteiger partial charge on any atom is -0.351 e. The van der Waals surface area contributed by atoms with Crippen molar-refractivity contribution < 1.29 is 9.59 Å². The fraction of sp³-hybridized carbons (Fsp3) is 0.438. The molecule has 7 heteroatoms. The quantitative estimate of drug-likeness (QED) is 0.358. The third kappa shape index (κ3) is 8.24. The second-order valence-electron chi connectivity index (χ2n) is 10.7. The zero-order valence-electron chi connectivity index (χ0n) is 23.1. The Morgan fingerprint density at radius 2 is 2.00 bits per heavy atom. The maximum atomic E-state index is 13.8. The first-order chi connectivity index (χ1) is 18.9. The predicted octanol–water partition coefficient (Wildman–Crippen LogP) is 4.65. The summed E-state index contributed by atoms with van der Waals surface area (Å²) in [5.41, 5.74) is 7.08. The topological polar surface area (TPSA) is 87.5 Å². The number of nitrogens with two attached hydrogens (primary N) is 1. The van der Waals surface area contributed by atoms with E-state index in [0.717, 1.165) is 17.7 Å². The van der Waals surface area contributed by atoms with Crippen molar-refractivity contribution in [3.63, 3.8) is 0 Å². The molecule has 208 valence electrons. The van der Waals surface area contributed by atoms with Gasteiger partial charge in [-0.3, -0.25) is 9.59 Å². The lowest BCUT2D eigenvalue weighted by Gasteiger charge is -2.35. The Morgan fingerprint density at radius 1 is 1.21 bits per heavy atom. The van der Waals surface area contributed by atoms with Gasteiger partial charge in [0.25, 0.3) is 0 Å². The minimum atomic E-state index is -0.307. The van der Waals surface area contributed by atoms with E-state index >= 15 is 0 Å². The Morgan fingerprint density at radius 3 is 2.72 bits per heavy atom. The molecule has 2 amide bonds. The molecule has 1 fully saturated rings. The third-order valence-electron chi connectivity index (χ3n) is 7.75. The lowest BCUT2D eigenvalue weighted by Crippen LogP contribution is -2.49. The summed E-state index contributed by atoms with van der Waals surface area (Å²) in [5, 5.41) is 6.59. The fourth-order valence-electron chi connectivity index (χ4n) is 5.56. The van der Waals surface area contributed by atoms with Gasteiger partial charge in [0.1, 0.15) is 0 Å². The van der Waals surface area contributed by atoms with Crippen molar-refractivity contribution in [2.24, 2.45) is 17.6 Å². The number of benzene rings is 1. The van der Waals surface area contributed by atoms with Crippen molar-refractivity contribution in [3.05, 3.63) is 88.2 Å². The first-order valence-electron chi connectivity index (χ1n) is 14.1.